The maximum Gasteiger partial charge on any atom is 0.460 e. The zero-order valence-corrected chi connectivity index (χ0v) is 13.8. The molecule has 0 heterocycles. The van der Waals surface area contributed by atoms with Gasteiger partial charge >= 0.3 is 47.6 Å². The standard InChI is InChI=1S/C13H9F17/c1-2-3-4-5-6(14,15)7(16,17)8(18,19)9(20,21)10(22,23)11(24,25)12(26,27)13(28,29)30/h2H,1,3-5H2. The minimum Gasteiger partial charge on any atom is -0.200 e. The number of alkyl halides is 17. The first-order valence-electron chi connectivity index (χ1n) is 7.13. The molecule has 30 heavy (non-hydrogen) atoms. The molecular formula is C13H9F17. The Kier molecular flexibility index (Phi) is 7.23. The topological polar surface area (TPSA) is 0 Å². The summed E-state index contributed by atoms with van der Waals surface area (Å²) in [4.78, 5) is 0. The summed E-state index contributed by atoms with van der Waals surface area (Å²) in [5.41, 5.74) is 0. The third-order valence-electron chi connectivity index (χ3n) is 3.69. The minimum atomic E-state index is -8.58. The van der Waals surface area contributed by atoms with Gasteiger partial charge < -0.3 is 0 Å². The molecule has 0 aliphatic carbocycles. The lowest BCUT2D eigenvalue weighted by molar-refractivity contribution is -0.461. The summed E-state index contributed by atoms with van der Waals surface area (Å²) in [5.74, 6) is -55.8. The molecule has 17 heteroatoms. The SMILES string of the molecule is C=CCCCC(F)(F)C(F)(F)C(F)(F)C(F)(F)C(F)(F)C(F)(F)C(F)(F)C(F)(F)F. The van der Waals surface area contributed by atoms with Crippen molar-refractivity contribution in [3.63, 3.8) is 0 Å². The fourth-order valence-corrected chi connectivity index (χ4v) is 1.82. The Hall–Kier alpha value is -1.45. The van der Waals surface area contributed by atoms with Gasteiger partial charge in [0.2, 0.25) is 0 Å². The van der Waals surface area contributed by atoms with Gasteiger partial charge in [0.15, 0.2) is 0 Å². The summed E-state index contributed by atoms with van der Waals surface area (Å²) >= 11 is 0. The summed E-state index contributed by atoms with van der Waals surface area (Å²) in [6, 6.07) is 0. The van der Waals surface area contributed by atoms with Crippen LogP contribution in [0.1, 0.15) is 19.3 Å². The van der Waals surface area contributed by atoms with Gasteiger partial charge in [-0.25, -0.2) is 0 Å². The number of rotatable bonds is 10. The fraction of sp³-hybridized carbons (Fsp3) is 0.846. The molecule has 0 N–H and O–H groups in total. The Labute approximate surface area is 155 Å². The van der Waals surface area contributed by atoms with Crippen molar-refractivity contribution in [2.75, 3.05) is 0 Å². The molecule has 0 amide bonds. The molecule has 0 nitrogen and oxygen atoms in total. The van der Waals surface area contributed by atoms with Crippen molar-refractivity contribution in [1.82, 2.24) is 0 Å². The molecule has 0 saturated heterocycles. The van der Waals surface area contributed by atoms with E-state index in [4.69, 9.17) is 0 Å². The highest BCUT2D eigenvalue weighted by Gasteiger charge is 2.95. The maximum absolute atomic E-state index is 13.4. The molecule has 0 spiro atoms. The van der Waals surface area contributed by atoms with Gasteiger partial charge in [0.1, 0.15) is 0 Å². The average Bonchev–Trinajstić information content (AvgIpc) is 2.52. The molecule has 0 radical (unpaired) electrons. The number of halogens is 17. The first-order chi connectivity index (χ1) is 12.8. The number of hydrogen-bond donors (Lipinski definition) is 0. The summed E-state index contributed by atoms with van der Waals surface area (Å²) in [5, 5.41) is 0. The molecule has 0 aromatic carbocycles. The van der Waals surface area contributed by atoms with Gasteiger partial charge in [0.25, 0.3) is 0 Å². The van der Waals surface area contributed by atoms with Gasteiger partial charge in [-0.1, -0.05) is 6.08 Å². The molecule has 0 aromatic heterocycles. The predicted molar refractivity (Wildman–Crippen MR) is 64.7 cm³/mol. The Morgan fingerprint density at radius 1 is 0.467 bits per heavy atom. The number of hydrogen-bond acceptors (Lipinski definition) is 0. The third kappa shape index (κ3) is 3.80. The molecule has 0 aliphatic rings. The van der Waals surface area contributed by atoms with Crippen LogP contribution in [-0.2, 0) is 0 Å². The molecular weight excluding hydrogens is 479 g/mol. The number of unbranched alkanes of at least 4 members (excludes halogenated alkanes) is 1. The van der Waals surface area contributed by atoms with E-state index in [2.05, 4.69) is 6.58 Å². The molecule has 0 aliphatic heterocycles. The zero-order valence-electron chi connectivity index (χ0n) is 13.8. The van der Waals surface area contributed by atoms with E-state index in [0.717, 1.165) is 6.08 Å². The largest absolute Gasteiger partial charge is 0.460 e. The smallest absolute Gasteiger partial charge is 0.200 e. The fourth-order valence-electron chi connectivity index (χ4n) is 1.82. The van der Waals surface area contributed by atoms with E-state index >= 15 is 0 Å². The first-order valence-corrected chi connectivity index (χ1v) is 7.13. The third-order valence-corrected chi connectivity index (χ3v) is 3.69. The van der Waals surface area contributed by atoms with Gasteiger partial charge in [0.05, 0.1) is 0 Å². The van der Waals surface area contributed by atoms with Crippen molar-refractivity contribution in [3.05, 3.63) is 12.7 Å². The first kappa shape index (κ1) is 28.5. The maximum atomic E-state index is 13.4. The Morgan fingerprint density at radius 3 is 1.07 bits per heavy atom. The van der Waals surface area contributed by atoms with E-state index in [0.29, 0.717) is 0 Å². The van der Waals surface area contributed by atoms with E-state index in [1.807, 2.05) is 0 Å². The highest BCUT2D eigenvalue weighted by atomic mass is 19.4. The van der Waals surface area contributed by atoms with Gasteiger partial charge in [-0.2, -0.15) is 74.6 Å². The van der Waals surface area contributed by atoms with E-state index < -0.39 is 66.9 Å². The second kappa shape index (κ2) is 7.60. The van der Waals surface area contributed by atoms with Crippen LogP contribution >= 0.6 is 0 Å². The van der Waals surface area contributed by atoms with Crippen LogP contribution in [0.25, 0.3) is 0 Å². The highest BCUT2D eigenvalue weighted by molar-refractivity contribution is 5.15. The molecule has 0 atom stereocenters. The van der Waals surface area contributed by atoms with Crippen molar-refractivity contribution >= 4 is 0 Å². The summed E-state index contributed by atoms with van der Waals surface area (Å²) in [7, 11) is 0. The van der Waals surface area contributed by atoms with E-state index in [1.165, 1.54) is 0 Å². The van der Waals surface area contributed by atoms with Crippen LogP contribution in [0.4, 0.5) is 74.6 Å². The van der Waals surface area contributed by atoms with E-state index in [1.54, 1.807) is 0 Å². The molecule has 0 saturated carbocycles. The van der Waals surface area contributed by atoms with Crippen LogP contribution in [0.2, 0.25) is 0 Å². The molecule has 0 unspecified atom stereocenters. The number of allylic oxidation sites excluding steroid dienone is 1. The minimum absolute atomic E-state index is 0.625. The lowest BCUT2D eigenvalue weighted by Gasteiger charge is -2.42. The van der Waals surface area contributed by atoms with Crippen molar-refractivity contribution in [2.45, 2.75) is 66.9 Å². The van der Waals surface area contributed by atoms with Crippen LogP contribution in [0.15, 0.2) is 12.7 Å². The van der Waals surface area contributed by atoms with E-state index in [9.17, 15) is 74.6 Å². The van der Waals surface area contributed by atoms with Crippen LogP contribution in [-0.4, -0.2) is 47.6 Å². The Balaban J connectivity index is 6.51. The summed E-state index contributed by atoms with van der Waals surface area (Å²) < 4.78 is 220. The van der Waals surface area contributed by atoms with Gasteiger partial charge in [-0.15, -0.1) is 6.58 Å². The van der Waals surface area contributed by atoms with Crippen molar-refractivity contribution in [1.29, 1.82) is 0 Å². The quantitative estimate of drug-likeness (QED) is 0.171. The second-order valence-corrected chi connectivity index (χ2v) is 5.83. The van der Waals surface area contributed by atoms with Gasteiger partial charge in [0, 0.05) is 6.42 Å². The average molecular weight is 488 g/mol. The van der Waals surface area contributed by atoms with Crippen molar-refractivity contribution in [3.8, 4) is 0 Å². The second-order valence-electron chi connectivity index (χ2n) is 5.83. The predicted octanol–water partition coefficient (Wildman–Crippen LogP) is 7.35. The van der Waals surface area contributed by atoms with E-state index in [-0.39, 0.29) is 0 Å². The zero-order chi connectivity index (χ0) is 24.8. The normalized spacial score (nSPS) is 16.0. The van der Waals surface area contributed by atoms with Crippen LogP contribution in [0, 0.1) is 0 Å². The molecule has 0 rings (SSSR count). The highest BCUT2D eigenvalue weighted by Crippen LogP contribution is 2.64. The van der Waals surface area contributed by atoms with Crippen LogP contribution in [0.5, 0.6) is 0 Å². The van der Waals surface area contributed by atoms with Crippen LogP contribution < -0.4 is 0 Å². The van der Waals surface area contributed by atoms with Gasteiger partial charge in [-0.05, 0) is 12.8 Å². The van der Waals surface area contributed by atoms with Crippen molar-refractivity contribution < 1.29 is 74.6 Å². The monoisotopic (exact) mass is 488 g/mol. The lowest BCUT2D eigenvalue weighted by Crippen LogP contribution is -2.74. The van der Waals surface area contributed by atoms with Crippen molar-refractivity contribution in [2.24, 2.45) is 0 Å². The molecule has 180 valence electrons. The summed E-state index contributed by atoms with van der Waals surface area (Å²) in [6.45, 7) is 2.89. The molecule has 0 bridgehead atoms. The Bertz CT molecular complexity index is 612. The van der Waals surface area contributed by atoms with Gasteiger partial charge in [-0.3, -0.25) is 0 Å². The summed E-state index contributed by atoms with van der Waals surface area (Å²) in [6.07, 6.45) is -11.2. The van der Waals surface area contributed by atoms with Crippen LogP contribution in [0.3, 0.4) is 0 Å². The molecule has 0 aromatic rings. The lowest BCUT2D eigenvalue weighted by atomic mass is 9.88. The molecule has 0 fully saturated rings. The Morgan fingerprint density at radius 2 is 0.767 bits per heavy atom.